The van der Waals surface area contributed by atoms with E-state index in [2.05, 4.69) is 4.40 Å². The molecule has 0 heterocycles. The summed E-state index contributed by atoms with van der Waals surface area (Å²) in [6, 6.07) is 2.01. The Balaban J connectivity index is 5.07. The summed E-state index contributed by atoms with van der Waals surface area (Å²) in [4.78, 5) is 11.1. The molecular weight excluding hydrogens is 252 g/mol. The molecule has 0 bridgehead atoms. The van der Waals surface area contributed by atoms with Crippen molar-refractivity contribution in [3.05, 3.63) is 0 Å². The van der Waals surface area contributed by atoms with Gasteiger partial charge in [0.25, 0.3) is 0 Å². The first-order chi connectivity index (χ1) is 7.99. The van der Waals surface area contributed by atoms with Crippen molar-refractivity contribution < 1.29 is 14.5 Å². The monoisotopic (exact) mass is 272 g/mol. The Morgan fingerprint density at radius 2 is 1.89 bits per heavy atom. The maximum absolute atomic E-state index is 11.8. The molecule has 0 radical (unpaired) electrons. The van der Waals surface area contributed by atoms with Crippen LogP contribution in [0, 0.1) is 16.7 Å². The van der Waals surface area contributed by atoms with E-state index in [1.54, 1.807) is 34.6 Å². The van der Waals surface area contributed by atoms with Gasteiger partial charge in [0.2, 0.25) is 0 Å². The lowest BCUT2D eigenvalue weighted by Crippen LogP contribution is -2.30. The summed E-state index contributed by atoms with van der Waals surface area (Å²) in [5, 5.41) is 17.7. The maximum atomic E-state index is 11.8. The maximum Gasteiger partial charge on any atom is 0.354 e. The van der Waals surface area contributed by atoms with Gasteiger partial charge in [-0.3, -0.25) is 0 Å². The van der Waals surface area contributed by atoms with Gasteiger partial charge in [0.05, 0.1) is 6.07 Å². The van der Waals surface area contributed by atoms with E-state index < -0.39 is 27.5 Å². The molecule has 18 heavy (non-hydrogen) atoms. The standard InChI is InChI=1S/C12H20N2O3S/c1-11(2,3)18(17)14-9(10(15)16)8-12(4,5)6-7-13/h6,8H2,1-5H3,(H,15,16). The van der Waals surface area contributed by atoms with Crippen LogP contribution >= 0.6 is 0 Å². The molecule has 0 amide bonds. The average Bonchev–Trinajstić information content (AvgIpc) is 2.14. The Kier molecular flexibility index (Phi) is 5.84. The van der Waals surface area contributed by atoms with Gasteiger partial charge in [0, 0.05) is 12.8 Å². The van der Waals surface area contributed by atoms with Gasteiger partial charge in [-0.2, -0.15) is 5.26 Å². The largest absolute Gasteiger partial charge is 0.591 e. The summed E-state index contributed by atoms with van der Waals surface area (Å²) < 4.78 is 15.0. The van der Waals surface area contributed by atoms with E-state index in [0.717, 1.165) is 0 Å². The smallest absolute Gasteiger partial charge is 0.354 e. The van der Waals surface area contributed by atoms with Crippen LogP contribution in [-0.2, 0) is 16.2 Å². The van der Waals surface area contributed by atoms with Crippen LogP contribution in [0.15, 0.2) is 4.40 Å². The molecule has 1 N–H and O–H groups in total. The quantitative estimate of drug-likeness (QED) is 0.613. The number of aliphatic carboxylic acids is 1. The fourth-order valence-electron chi connectivity index (χ4n) is 1.11. The van der Waals surface area contributed by atoms with E-state index in [9.17, 15) is 9.35 Å². The molecule has 0 aliphatic carbocycles. The highest BCUT2D eigenvalue weighted by Crippen LogP contribution is 2.26. The van der Waals surface area contributed by atoms with E-state index in [1.807, 2.05) is 6.07 Å². The number of rotatable bonds is 5. The van der Waals surface area contributed by atoms with Crippen molar-refractivity contribution in [2.75, 3.05) is 0 Å². The zero-order chi connectivity index (χ0) is 14.6. The van der Waals surface area contributed by atoms with Gasteiger partial charge >= 0.3 is 5.97 Å². The zero-order valence-corrected chi connectivity index (χ0v) is 12.3. The molecule has 0 rings (SSSR count). The van der Waals surface area contributed by atoms with Crippen molar-refractivity contribution in [1.82, 2.24) is 0 Å². The molecule has 0 spiro atoms. The molecule has 0 saturated carbocycles. The van der Waals surface area contributed by atoms with E-state index >= 15 is 0 Å². The molecule has 5 nitrogen and oxygen atoms in total. The van der Waals surface area contributed by atoms with Gasteiger partial charge in [-0.25, -0.2) is 4.79 Å². The predicted molar refractivity (Wildman–Crippen MR) is 71.6 cm³/mol. The van der Waals surface area contributed by atoms with Crippen molar-refractivity contribution in [3.8, 4) is 6.07 Å². The van der Waals surface area contributed by atoms with Gasteiger partial charge in [-0.1, -0.05) is 18.2 Å². The number of carbonyl (C=O) groups is 1. The van der Waals surface area contributed by atoms with Crippen molar-refractivity contribution in [2.24, 2.45) is 9.81 Å². The Hall–Kier alpha value is -1.06. The van der Waals surface area contributed by atoms with E-state index in [0.29, 0.717) is 0 Å². The summed E-state index contributed by atoms with van der Waals surface area (Å²) in [6.45, 7) is 8.76. The van der Waals surface area contributed by atoms with Crippen LogP contribution in [0.25, 0.3) is 0 Å². The molecule has 0 aromatic rings. The minimum Gasteiger partial charge on any atom is -0.591 e. The fraction of sp³-hybridized carbons (Fsp3) is 0.750. The summed E-state index contributed by atoms with van der Waals surface area (Å²) in [7, 11) is 0. The van der Waals surface area contributed by atoms with Crippen LogP contribution in [0.5, 0.6) is 0 Å². The van der Waals surface area contributed by atoms with Gasteiger partial charge in [-0.15, -0.1) is 0 Å². The highest BCUT2D eigenvalue weighted by atomic mass is 32.2. The van der Waals surface area contributed by atoms with Crippen molar-refractivity contribution in [3.63, 3.8) is 0 Å². The van der Waals surface area contributed by atoms with E-state index in [-0.39, 0.29) is 18.6 Å². The first-order valence-electron chi connectivity index (χ1n) is 5.59. The lowest BCUT2D eigenvalue weighted by Gasteiger charge is -2.22. The molecule has 0 fully saturated rings. The molecule has 1 atom stereocenters. The predicted octanol–water partition coefficient (Wildman–Crippen LogP) is 2.30. The van der Waals surface area contributed by atoms with Gasteiger partial charge in [0.1, 0.15) is 16.1 Å². The summed E-state index contributed by atoms with van der Waals surface area (Å²) in [5.41, 5.74) is -0.628. The molecule has 0 aliphatic rings. The highest BCUT2D eigenvalue weighted by Gasteiger charge is 2.31. The number of carboxylic acid groups (broad SMARTS) is 1. The molecule has 0 aromatic carbocycles. The molecule has 1 unspecified atom stereocenters. The van der Waals surface area contributed by atoms with E-state index in [4.69, 9.17) is 10.4 Å². The third kappa shape index (κ3) is 6.03. The van der Waals surface area contributed by atoms with Crippen LogP contribution in [-0.4, -0.2) is 26.1 Å². The lowest BCUT2D eigenvalue weighted by atomic mass is 9.84. The first-order valence-corrected chi connectivity index (χ1v) is 6.70. The topological polar surface area (TPSA) is 96.5 Å². The SMILES string of the molecule is CC(C)(CC#N)CC(=N[S+]([O-])C(C)(C)C)C(=O)O. The fourth-order valence-corrected chi connectivity index (χ4v) is 1.73. The van der Waals surface area contributed by atoms with Gasteiger partial charge in [-0.05, 0) is 26.2 Å². The molecule has 0 aromatic heterocycles. The highest BCUT2D eigenvalue weighted by molar-refractivity contribution is 7.91. The van der Waals surface area contributed by atoms with Crippen molar-refractivity contribution in [2.45, 2.75) is 52.2 Å². The Labute approximate surface area is 111 Å². The average molecular weight is 272 g/mol. The number of nitriles is 1. The molecule has 102 valence electrons. The van der Waals surface area contributed by atoms with Gasteiger partial charge < -0.3 is 9.66 Å². The van der Waals surface area contributed by atoms with Crippen LogP contribution < -0.4 is 0 Å². The van der Waals surface area contributed by atoms with E-state index in [1.165, 1.54) is 0 Å². The third-order valence-corrected chi connectivity index (χ3v) is 3.60. The Bertz CT molecular complexity index is 378. The van der Waals surface area contributed by atoms with Gasteiger partial charge in [0.15, 0.2) is 5.71 Å². The second kappa shape index (κ2) is 6.21. The summed E-state index contributed by atoms with van der Waals surface area (Å²) in [6.07, 6.45) is 0.346. The Morgan fingerprint density at radius 3 is 2.22 bits per heavy atom. The van der Waals surface area contributed by atoms with Crippen LogP contribution in [0.1, 0.15) is 47.5 Å². The van der Waals surface area contributed by atoms with Crippen molar-refractivity contribution >= 4 is 23.0 Å². The molecule has 0 saturated heterocycles. The number of carboxylic acids is 1. The van der Waals surface area contributed by atoms with Crippen LogP contribution in [0.4, 0.5) is 0 Å². The molecule has 6 heteroatoms. The Morgan fingerprint density at radius 1 is 1.39 bits per heavy atom. The first kappa shape index (κ1) is 16.9. The number of hydrogen-bond donors (Lipinski definition) is 1. The third-order valence-electron chi connectivity index (χ3n) is 2.17. The second-order valence-electron chi connectivity index (χ2n) is 5.88. The lowest BCUT2D eigenvalue weighted by molar-refractivity contribution is -0.129. The minimum absolute atomic E-state index is 0.123. The molecular formula is C12H20N2O3S. The van der Waals surface area contributed by atoms with Crippen LogP contribution in [0.2, 0.25) is 0 Å². The zero-order valence-electron chi connectivity index (χ0n) is 11.5. The normalized spacial score (nSPS) is 15.1. The summed E-state index contributed by atoms with van der Waals surface area (Å²) >= 11 is -1.60. The summed E-state index contributed by atoms with van der Waals surface area (Å²) in [5.74, 6) is -1.18. The number of hydrogen-bond acceptors (Lipinski definition) is 4. The minimum atomic E-state index is -1.60. The number of nitrogens with zero attached hydrogens (tertiary/aromatic N) is 2. The molecule has 0 aliphatic heterocycles. The van der Waals surface area contributed by atoms with Crippen molar-refractivity contribution in [1.29, 1.82) is 5.26 Å². The van der Waals surface area contributed by atoms with Crippen LogP contribution in [0.3, 0.4) is 0 Å². The second-order valence-corrected chi connectivity index (χ2v) is 7.79.